The molecule has 0 aliphatic carbocycles. The van der Waals surface area contributed by atoms with Gasteiger partial charge in [0.05, 0.1) is 11.6 Å². The van der Waals surface area contributed by atoms with Crippen LogP contribution in [0.15, 0.2) is 64.2 Å². The summed E-state index contributed by atoms with van der Waals surface area (Å²) in [5.41, 5.74) is 3.13. The minimum Gasteiger partial charge on any atom is -0.337 e. The topological polar surface area (TPSA) is 105 Å². The summed E-state index contributed by atoms with van der Waals surface area (Å²) in [5, 5.41) is 12.6. The number of fused-ring (bicyclic) bond motifs is 1. The van der Waals surface area contributed by atoms with Gasteiger partial charge in [-0.3, -0.25) is 9.36 Å². The highest BCUT2D eigenvalue weighted by atomic mass is 35.5. The van der Waals surface area contributed by atoms with Crippen molar-refractivity contribution in [2.24, 2.45) is 0 Å². The predicted octanol–water partition coefficient (Wildman–Crippen LogP) is 3.10. The molecule has 0 spiro atoms. The lowest BCUT2D eigenvalue weighted by atomic mass is 10.1. The highest BCUT2D eigenvalue weighted by Crippen LogP contribution is 2.24. The second-order valence-electron chi connectivity index (χ2n) is 7.01. The van der Waals surface area contributed by atoms with Crippen molar-refractivity contribution in [3.8, 4) is 11.4 Å². The van der Waals surface area contributed by atoms with E-state index in [-0.39, 0.29) is 23.5 Å². The van der Waals surface area contributed by atoms with Gasteiger partial charge < -0.3 is 4.52 Å². The standard InChI is InChI=1S/C21H16ClN7O2/c1-13-6-2-3-7-14(13)10-29-20-18(25-27-29)21(30)28(12-23-20)11-17-24-19(26-31-17)15-8-4-5-9-16(15)22/h2-9,12H,10-11H2,1H3. The molecule has 0 N–H and O–H groups in total. The average molecular weight is 434 g/mol. The largest absolute Gasteiger partial charge is 0.337 e. The van der Waals surface area contributed by atoms with E-state index in [1.807, 2.05) is 43.3 Å². The Kier molecular flexibility index (Phi) is 4.79. The molecule has 0 bridgehead atoms. The Hall–Kier alpha value is -3.85. The molecular formula is C21H16ClN7O2. The van der Waals surface area contributed by atoms with Gasteiger partial charge in [-0.25, -0.2) is 9.67 Å². The quantitative estimate of drug-likeness (QED) is 0.419. The zero-order chi connectivity index (χ0) is 21.4. The number of halogens is 1. The molecule has 0 atom stereocenters. The second kappa shape index (κ2) is 7.77. The van der Waals surface area contributed by atoms with Crippen LogP contribution in [0.2, 0.25) is 5.02 Å². The maximum absolute atomic E-state index is 12.9. The molecule has 3 aromatic heterocycles. The first kappa shape index (κ1) is 19.1. The van der Waals surface area contributed by atoms with Gasteiger partial charge in [0.1, 0.15) is 12.9 Å². The van der Waals surface area contributed by atoms with Crippen molar-refractivity contribution in [2.75, 3.05) is 0 Å². The van der Waals surface area contributed by atoms with Gasteiger partial charge >= 0.3 is 0 Å². The van der Waals surface area contributed by atoms with Crippen LogP contribution in [-0.4, -0.2) is 34.7 Å². The number of hydrogen-bond donors (Lipinski definition) is 0. The van der Waals surface area contributed by atoms with Gasteiger partial charge in [-0.05, 0) is 30.2 Å². The molecule has 0 saturated heterocycles. The van der Waals surface area contributed by atoms with Crippen molar-refractivity contribution < 1.29 is 4.52 Å². The predicted molar refractivity (Wildman–Crippen MR) is 114 cm³/mol. The lowest BCUT2D eigenvalue weighted by Crippen LogP contribution is -2.21. The van der Waals surface area contributed by atoms with Crippen LogP contribution in [-0.2, 0) is 13.1 Å². The molecule has 31 heavy (non-hydrogen) atoms. The fraction of sp³-hybridized carbons (Fsp3) is 0.143. The maximum atomic E-state index is 12.9. The first-order chi connectivity index (χ1) is 15.1. The van der Waals surface area contributed by atoms with Crippen molar-refractivity contribution in [3.63, 3.8) is 0 Å². The van der Waals surface area contributed by atoms with Gasteiger partial charge in [0.25, 0.3) is 5.56 Å². The summed E-state index contributed by atoms with van der Waals surface area (Å²) in [7, 11) is 0. The van der Waals surface area contributed by atoms with E-state index in [0.29, 0.717) is 28.6 Å². The van der Waals surface area contributed by atoms with E-state index in [1.165, 1.54) is 10.9 Å². The molecule has 3 heterocycles. The molecule has 0 aliphatic rings. The van der Waals surface area contributed by atoms with Gasteiger partial charge in [-0.1, -0.05) is 58.4 Å². The van der Waals surface area contributed by atoms with Crippen LogP contribution in [0, 0.1) is 6.92 Å². The summed E-state index contributed by atoms with van der Waals surface area (Å²) >= 11 is 6.18. The molecule has 0 radical (unpaired) electrons. The van der Waals surface area contributed by atoms with E-state index in [9.17, 15) is 4.79 Å². The van der Waals surface area contributed by atoms with Crippen molar-refractivity contribution in [1.82, 2.24) is 34.7 Å². The van der Waals surface area contributed by atoms with Gasteiger partial charge in [0.15, 0.2) is 11.2 Å². The maximum Gasteiger partial charge on any atom is 0.283 e. The molecule has 0 saturated carbocycles. The molecular weight excluding hydrogens is 418 g/mol. The fourth-order valence-corrected chi connectivity index (χ4v) is 3.49. The van der Waals surface area contributed by atoms with Crippen LogP contribution in [0.25, 0.3) is 22.6 Å². The third-order valence-corrected chi connectivity index (χ3v) is 5.29. The number of aromatic nitrogens is 7. The normalized spacial score (nSPS) is 11.3. The fourth-order valence-electron chi connectivity index (χ4n) is 3.27. The molecule has 0 unspecified atom stereocenters. The zero-order valence-corrected chi connectivity index (χ0v) is 17.2. The van der Waals surface area contributed by atoms with Gasteiger partial charge in [-0.2, -0.15) is 4.98 Å². The average Bonchev–Trinajstić information content (AvgIpc) is 3.40. The Morgan fingerprint density at radius 3 is 2.71 bits per heavy atom. The van der Waals surface area contributed by atoms with Crippen molar-refractivity contribution in [3.05, 3.63) is 87.3 Å². The highest BCUT2D eigenvalue weighted by Gasteiger charge is 2.16. The van der Waals surface area contributed by atoms with E-state index in [1.54, 1.807) is 16.8 Å². The number of aryl methyl sites for hydroxylation is 1. The van der Waals surface area contributed by atoms with Crippen LogP contribution in [0.3, 0.4) is 0 Å². The Morgan fingerprint density at radius 1 is 1.06 bits per heavy atom. The summed E-state index contributed by atoms with van der Waals surface area (Å²) in [6, 6.07) is 15.2. The monoisotopic (exact) mass is 433 g/mol. The Bertz CT molecular complexity index is 1450. The first-order valence-electron chi connectivity index (χ1n) is 9.51. The minimum absolute atomic E-state index is 0.0594. The molecule has 5 aromatic rings. The second-order valence-corrected chi connectivity index (χ2v) is 7.42. The van der Waals surface area contributed by atoms with Gasteiger partial charge in [0, 0.05) is 5.56 Å². The third-order valence-electron chi connectivity index (χ3n) is 4.96. The molecule has 9 nitrogen and oxygen atoms in total. The molecule has 154 valence electrons. The summed E-state index contributed by atoms with van der Waals surface area (Å²) in [5.74, 6) is 0.609. The number of hydrogen-bond acceptors (Lipinski definition) is 7. The van der Waals surface area contributed by atoms with Crippen LogP contribution < -0.4 is 5.56 Å². The summed E-state index contributed by atoms with van der Waals surface area (Å²) in [4.78, 5) is 21.6. The summed E-state index contributed by atoms with van der Waals surface area (Å²) in [6.45, 7) is 2.56. The minimum atomic E-state index is -0.335. The third kappa shape index (κ3) is 3.59. The molecule has 2 aromatic carbocycles. The zero-order valence-electron chi connectivity index (χ0n) is 16.4. The molecule has 0 fully saturated rings. The van der Waals surface area contributed by atoms with Crippen molar-refractivity contribution in [1.29, 1.82) is 0 Å². The Balaban J connectivity index is 1.43. The SMILES string of the molecule is Cc1ccccc1Cn1nnc2c(=O)n(Cc3nc(-c4ccccc4Cl)no3)cnc21. The van der Waals surface area contributed by atoms with E-state index >= 15 is 0 Å². The van der Waals surface area contributed by atoms with Crippen molar-refractivity contribution >= 4 is 22.8 Å². The summed E-state index contributed by atoms with van der Waals surface area (Å²) < 4.78 is 8.27. The number of rotatable bonds is 5. The lowest BCUT2D eigenvalue weighted by molar-refractivity contribution is 0.369. The van der Waals surface area contributed by atoms with Crippen LogP contribution in [0.5, 0.6) is 0 Å². The van der Waals surface area contributed by atoms with E-state index in [0.717, 1.165) is 11.1 Å². The summed E-state index contributed by atoms with van der Waals surface area (Å²) in [6.07, 6.45) is 1.43. The van der Waals surface area contributed by atoms with E-state index in [4.69, 9.17) is 16.1 Å². The Labute approximate surface area is 180 Å². The van der Waals surface area contributed by atoms with Gasteiger partial charge in [0.2, 0.25) is 11.7 Å². The van der Waals surface area contributed by atoms with E-state index < -0.39 is 0 Å². The number of benzene rings is 2. The lowest BCUT2D eigenvalue weighted by Gasteiger charge is -2.06. The molecule has 5 rings (SSSR count). The Morgan fingerprint density at radius 2 is 1.87 bits per heavy atom. The van der Waals surface area contributed by atoms with Crippen LogP contribution in [0.4, 0.5) is 0 Å². The van der Waals surface area contributed by atoms with Crippen LogP contribution >= 0.6 is 11.6 Å². The van der Waals surface area contributed by atoms with Crippen molar-refractivity contribution in [2.45, 2.75) is 20.0 Å². The highest BCUT2D eigenvalue weighted by molar-refractivity contribution is 6.33. The smallest absolute Gasteiger partial charge is 0.283 e. The molecule has 0 aliphatic heterocycles. The van der Waals surface area contributed by atoms with Gasteiger partial charge in [-0.15, -0.1) is 5.10 Å². The molecule has 10 heteroatoms. The van der Waals surface area contributed by atoms with Crippen LogP contribution in [0.1, 0.15) is 17.0 Å². The first-order valence-corrected chi connectivity index (χ1v) is 9.88. The van der Waals surface area contributed by atoms with E-state index in [2.05, 4.69) is 25.4 Å². The number of nitrogens with zero attached hydrogens (tertiary/aromatic N) is 7. The molecule has 0 amide bonds.